The molecule has 1 aromatic carbocycles. The molecule has 0 aromatic heterocycles. The van der Waals surface area contributed by atoms with Gasteiger partial charge in [-0.15, -0.1) is 0 Å². The molecule has 1 heterocycles. The second kappa shape index (κ2) is 8.02. The van der Waals surface area contributed by atoms with E-state index in [4.69, 9.17) is 9.84 Å². The predicted octanol–water partition coefficient (Wildman–Crippen LogP) is 0.373. The number of sulfonamides is 1. The van der Waals surface area contributed by atoms with Crippen LogP contribution in [0, 0.1) is 5.82 Å². The molecule has 0 unspecified atom stereocenters. The molecular weight excluding hydrogens is 339 g/mol. The highest BCUT2D eigenvalue weighted by Gasteiger charge is 2.28. The second-order valence-electron chi connectivity index (χ2n) is 5.81. The Kier molecular flexibility index (Phi) is 6.27. The van der Waals surface area contributed by atoms with Crippen LogP contribution in [0.3, 0.4) is 0 Å². The average molecular weight is 360 g/mol. The first-order valence-corrected chi connectivity index (χ1v) is 9.34. The van der Waals surface area contributed by atoms with Crippen molar-refractivity contribution in [3.8, 4) is 0 Å². The molecule has 0 spiro atoms. The van der Waals surface area contributed by atoms with E-state index in [0.29, 0.717) is 26.2 Å². The van der Waals surface area contributed by atoms with Gasteiger partial charge in [0.25, 0.3) is 0 Å². The zero-order valence-electron chi connectivity index (χ0n) is 13.4. The summed E-state index contributed by atoms with van der Waals surface area (Å²) in [6.07, 6.45) is 0.546. The number of rotatable bonds is 7. The van der Waals surface area contributed by atoms with E-state index in [1.54, 1.807) is 6.07 Å². The fourth-order valence-corrected chi connectivity index (χ4v) is 3.41. The number of benzene rings is 1. The summed E-state index contributed by atoms with van der Waals surface area (Å²) in [6.45, 7) is 1.40. The van der Waals surface area contributed by atoms with E-state index >= 15 is 0 Å². The number of carboxylic acid groups (broad SMARTS) is 1. The third-order valence-electron chi connectivity index (χ3n) is 3.71. The van der Waals surface area contributed by atoms with Gasteiger partial charge in [-0.25, -0.2) is 12.8 Å². The van der Waals surface area contributed by atoms with E-state index in [2.05, 4.69) is 0 Å². The normalized spacial score (nSPS) is 19.5. The van der Waals surface area contributed by atoms with Crippen molar-refractivity contribution in [3.05, 3.63) is 35.6 Å². The lowest BCUT2D eigenvalue weighted by Gasteiger charge is -2.34. The Bertz CT molecular complexity index is 682. The van der Waals surface area contributed by atoms with Gasteiger partial charge in [0.05, 0.1) is 19.0 Å². The summed E-state index contributed by atoms with van der Waals surface area (Å²) in [5.74, 6) is -1.52. The van der Waals surface area contributed by atoms with Gasteiger partial charge in [0.15, 0.2) is 0 Å². The first-order valence-electron chi connectivity index (χ1n) is 7.49. The van der Waals surface area contributed by atoms with Crippen LogP contribution in [0.2, 0.25) is 0 Å². The first kappa shape index (κ1) is 18.8. The van der Waals surface area contributed by atoms with Crippen LogP contribution >= 0.6 is 0 Å². The van der Waals surface area contributed by atoms with Crippen molar-refractivity contribution in [2.45, 2.75) is 12.6 Å². The highest BCUT2D eigenvalue weighted by molar-refractivity contribution is 7.88. The molecule has 1 N–H and O–H groups in total. The minimum Gasteiger partial charge on any atom is -0.480 e. The third-order valence-corrected chi connectivity index (χ3v) is 4.92. The molecule has 134 valence electrons. The van der Waals surface area contributed by atoms with Crippen molar-refractivity contribution in [1.82, 2.24) is 9.21 Å². The van der Waals surface area contributed by atoms with Crippen molar-refractivity contribution >= 4 is 16.0 Å². The molecule has 0 saturated carbocycles. The van der Waals surface area contributed by atoms with Crippen molar-refractivity contribution < 1.29 is 27.4 Å². The maximum absolute atomic E-state index is 13.3. The van der Waals surface area contributed by atoms with E-state index < -0.39 is 28.6 Å². The van der Waals surface area contributed by atoms with E-state index in [1.807, 2.05) is 11.0 Å². The molecule has 1 aliphatic heterocycles. The molecule has 1 fully saturated rings. The Labute approximate surface area is 140 Å². The molecule has 1 saturated heterocycles. The summed E-state index contributed by atoms with van der Waals surface area (Å²) in [5.41, 5.74) is 0.821. The fourth-order valence-electron chi connectivity index (χ4n) is 2.62. The molecule has 7 nitrogen and oxygen atoms in total. The Morgan fingerprint density at radius 3 is 2.88 bits per heavy atom. The summed E-state index contributed by atoms with van der Waals surface area (Å²) >= 11 is 0. The van der Waals surface area contributed by atoms with E-state index in [1.165, 1.54) is 12.1 Å². The van der Waals surface area contributed by atoms with Crippen molar-refractivity contribution in [1.29, 1.82) is 0 Å². The molecule has 2 rings (SSSR count). The minimum absolute atomic E-state index is 0.0230. The van der Waals surface area contributed by atoms with Crippen LogP contribution in [0.25, 0.3) is 0 Å². The van der Waals surface area contributed by atoms with Crippen molar-refractivity contribution in [3.63, 3.8) is 0 Å². The number of hydrogen-bond acceptors (Lipinski definition) is 5. The quantitative estimate of drug-likeness (QED) is 0.756. The average Bonchev–Trinajstić information content (AvgIpc) is 2.45. The standard InChI is InChI=1S/C15H21FN2O5S/c1-24(21,22)18(11-15(19)20)10-14-9-17(5-6-23-14)8-12-3-2-4-13(16)7-12/h2-4,7,14H,5-6,8-11H2,1H3,(H,19,20)/t14-/m0/s1. The Morgan fingerprint density at radius 2 is 2.25 bits per heavy atom. The molecule has 0 bridgehead atoms. The zero-order chi connectivity index (χ0) is 17.7. The van der Waals surface area contributed by atoms with Gasteiger partial charge in [-0.05, 0) is 17.7 Å². The summed E-state index contributed by atoms with van der Waals surface area (Å²) < 4.78 is 43.1. The van der Waals surface area contributed by atoms with Gasteiger partial charge in [0, 0.05) is 26.2 Å². The first-order chi connectivity index (χ1) is 11.2. The fraction of sp³-hybridized carbons (Fsp3) is 0.533. The number of nitrogens with zero attached hydrogens (tertiary/aromatic N) is 2. The lowest BCUT2D eigenvalue weighted by atomic mass is 10.2. The summed E-state index contributed by atoms with van der Waals surface area (Å²) in [5, 5.41) is 8.86. The summed E-state index contributed by atoms with van der Waals surface area (Å²) in [4.78, 5) is 12.9. The van der Waals surface area contributed by atoms with Crippen LogP contribution in [0.1, 0.15) is 5.56 Å². The monoisotopic (exact) mass is 360 g/mol. The number of hydrogen-bond donors (Lipinski definition) is 1. The topological polar surface area (TPSA) is 87.2 Å². The van der Waals surface area contributed by atoms with Gasteiger partial charge in [0.1, 0.15) is 12.4 Å². The van der Waals surface area contributed by atoms with Crippen LogP contribution in [-0.2, 0) is 26.1 Å². The van der Waals surface area contributed by atoms with E-state index in [-0.39, 0.29) is 12.4 Å². The molecule has 0 amide bonds. The third kappa shape index (κ3) is 5.82. The number of carbonyl (C=O) groups is 1. The van der Waals surface area contributed by atoms with Gasteiger partial charge in [-0.2, -0.15) is 4.31 Å². The van der Waals surface area contributed by atoms with Crippen LogP contribution in [0.4, 0.5) is 4.39 Å². The minimum atomic E-state index is -3.64. The van der Waals surface area contributed by atoms with Crippen LogP contribution in [0.5, 0.6) is 0 Å². The number of halogens is 1. The molecule has 1 aliphatic rings. The largest absolute Gasteiger partial charge is 0.480 e. The predicted molar refractivity (Wildman–Crippen MR) is 85.5 cm³/mol. The van der Waals surface area contributed by atoms with Crippen molar-refractivity contribution in [2.24, 2.45) is 0 Å². The van der Waals surface area contributed by atoms with Gasteiger partial charge in [-0.1, -0.05) is 12.1 Å². The van der Waals surface area contributed by atoms with E-state index in [0.717, 1.165) is 16.1 Å². The molecule has 0 aliphatic carbocycles. The number of carboxylic acids is 1. The Hall–Kier alpha value is -1.55. The van der Waals surface area contributed by atoms with Crippen LogP contribution in [-0.4, -0.2) is 73.8 Å². The maximum Gasteiger partial charge on any atom is 0.318 e. The molecule has 1 aromatic rings. The van der Waals surface area contributed by atoms with Gasteiger partial charge in [0.2, 0.25) is 10.0 Å². The second-order valence-corrected chi connectivity index (χ2v) is 7.79. The molecular formula is C15H21FN2O5S. The lowest BCUT2D eigenvalue weighted by molar-refractivity contribution is -0.137. The summed E-state index contributed by atoms with van der Waals surface area (Å²) in [6, 6.07) is 6.29. The lowest BCUT2D eigenvalue weighted by Crippen LogP contribution is -2.49. The SMILES string of the molecule is CS(=O)(=O)N(CC(=O)O)C[C@@H]1CN(Cc2cccc(F)c2)CCO1. The highest BCUT2D eigenvalue weighted by atomic mass is 32.2. The Balaban J connectivity index is 1.97. The molecule has 0 radical (unpaired) electrons. The number of ether oxygens (including phenoxy) is 1. The zero-order valence-corrected chi connectivity index (χ0v) is 14.2. The molecule has 9 heteroatoms. The summed E-state index contributed by atoms with van der Waals surface area (Å²) in [7, 11) is -3.64. The van der Waals surface area contributed by atoms with Gasteiger partial charge < -0.3 is 9.84 Å². The van der Waals surface area contributed by atoms with Crippen molar-refractivity contribution in [2.75, 3.05) is 39.0 Å². The number of aliphatic carboxylic acids is 1. The molecule has 24 heavy (non-hydrogen) atoms. The van der Waals surface area contributed by atoms with Gasteiger partial charge in [-0.3, -0.25) is 9.69 Å². The Morgan fingerprint density at radius 1 is 1.50 bits per heavy atom. The molecule has 1 atom stereocenters. The number of morpholine rings is 1. The van der Waals surface area contributed by atoms with Gasteiger partial charge >= 0.3 is 5.97 Å². The van der Waals surface area contributed by atoms with Crippen LogP contribution in [0.15, 0.2) is 24.3 Å². The maximum atomic E-state index is 13.3. The van der Waals surface area contributed by atoms with E-state index in [9.17, 15) is 17.6 Å². The smallest absolute Gasteiger partial charge is 0.318 e. The highest BCUT2D eigenvalue weighted by Crippen LogP contribution is 2.13. The van der Waals surface area contributed by atoms with Crippen LogP contribution < -0.4 is 0 Å².